The fourth-order valence-electron chi connectivity index (χ4n) is 3.92. The summed E-state index contributed by atoms with van der Waals surface area (Å²) in [5.41, 5.74) is 0.987. The highest BCUT2D eigenvalue weighted by atomic mass is 16.5. The number of likely N-dealkylation sites (tertiary alicyclic amines) is 1. The van der Waals surface area contributed by atoms with Gasteiger partial charge in [-0.3, -0.25) is 9.59 Å². The number of nitrogens with zero attached hydrogens (tertiary/aromatic N) is 1. The second-order valence-electron chi connectivity index (χ2n) is 7.17. The predicted molar refractivity (Wildman–Crippen MR) is 102 cm³/mol. The maximum Gasteiger partial charge on any atom is 0.198 e. The molecule has 5 nitrogen and oxygen atoms in total. The van der Waals surface area contributed by atoms with Gasteiger partial charge in [-0.25, -0.2) is 0 Å². The zero-order chi connectivity index (χ0) is 18.8. The van der Waals surface area contributed by atoms with Crippen LogP contribution in [0.3, 0.4) is 0 Å². The van der Waals surface area contributed by atoms with Crippen LogP contribution in [0.5, 0.6) is 11.5 Å². The number of rotatable bonds is 5. The van der Waals surface area contributed by atoms with Crippen LogP contribution in [0.4, 0.5) is 0 Å². The molecular weight excluding hydrogens is 342 g/mol. The fraction of sp³-hybridized carbons (Fsp3) is 0.364. The topological polar surface area (TPSA) is 66.8 Å². The van der Waals surface area contributed by atoms with E-state index in [4.69, 9.17) is 4.74 Å². The monoisotopic (exact) mass is 365 g/mol. The molecule has 2 aromatic rings. The third-order valence-corrected chi connectivity index (χ3v) is 5.32. The summed E-state index contributed by atoms with van der Waals surface area (Å²) in [4.78, 5) is 27.9. The number of carbonyl (C=O) groups is 2. The van der Waals surface area contributed by atoms with E-state index >= 15 is 0 Å². The average Bonchev–Trinajstić information content (AvgIpc) is 2.70. The van der Waals surface area contributed by atoms with Crippen LogP contribution < -0.4 is 4.74 Å². The Kier molecular flexibility index (Phi) is 4.94. The maximum atomic E-state index is 12.8. The summed E-state index contributed by atoms with van der Waals surface area (Å²) in [5.74, 6) is -0.361. The Bertz CT molecular complexity index is 884. The molecule has 27 heavy (non-hydrogen) atoms. The summed E-state index contributed by atoms with van der Waals surface area (Å²) in [6, 6.07) is 9.71. The zero-order valence-electron chi connectivity index (χ0n) is 15.2. The van der Waals surface area contributed by atoms with Gasteiger partial charge in [-0.1, -0.05) is 30.7 Å². The van der Waals surface area contributed by atoms with Gasteiger partial charge in [-0.15, -0.1) is 0 Å². The summed E-state index contributed by atoms with van der Waals surface area (Å²) in [7, 11) is 0. The van der Waals surface area contributed by atoms with Crippen molar-refractivity contribution in [3.63, 3.8) is 0 Å². The number of phenols is 1. The lowest BCUT2D eigenvalue weighted by molar-refractivity contribution is 0.0976. The lowest BCUT2D eigenvalue weighted by Crippen LogP contribution is -2.31. The van der Waals surface area contributed by atoms with Crippen LogP contribution in [0.2, 0.25) is 0 Å². The highest BCUT2D eigenvalue weighted by molar-refractivity contribution is 6.29. The molecule has 0 amide bonds. The van der Waals surface area contributed by atoms with Gasteiger partial charge >= 0.3 is 0 Å². The predicted octanol–water partition coefficient (Wildman–Crippen LogP) is 3.42. The van der Waals surface area contributed by atoms with Crippen LogP contribution in [0.15, 0.2) is 36.4 Å². The summed E-state index contributed by atoms with van der Waals surface area (Å²) in [6.07, 6.45) is 4.72. The van der Waals surface area contributed by atoms with Gasteiger partial charge in [0, 0.05) is 29.3 Å². The minimum Gasteiger partial charge on any atom is -0.507 e. The lowest BCUT2D eigenvalue weighted by atomic mass is 9.83. The SMILES string of the molecule is O=C1c2ccccc2C(=O)c2c(O)cc(OCCCN3CCCCC3)cc21. The molecule has 140 valence electrons. The first-order valence-corrected chi connectivity index (χ1v) is 9.56. The molecule has 5 heteroatoms. The minimum absolute atomic E-state index is 0.0689. The van der Waals surface area contributed by atoms with Crippen molar-refractivity contribution in [3.8, 4) is 11.5 Å². The van der Waals surface area contributed by atoms with E-state index in [0.29, 0.717) is 23.5 Å². The van der Waals surface area contributed by atoms with Crippen molar-refractivity contribution in [2.45, 2.75) is 25.7 Å². The summed E-state index contributed by atoms with van der Waals surface area (Å²) in [6.45, 7) is 3.79. The van der Waals surface area contributed by atoms with E-state index in [1.807, 2.05) is 0 Å². The molecule has 0 atom stereocenters. The van der Waals surface area contributed by atoms with Crippen molar-refractivity contribution in [3.05, 3.63) is 58.7 Å². The number of benzene rings is 2. The number of carbonyl (C=O) groups excluding carboxylic acids is 2. The van der Waals surface area contributed by atoms with Gasteiger partial charge < -0.3 is 14.7 Å². The summed E-state index contributed by atoms with van der Waals surface area (Å²) in [5, 5.41) is 10.4. The standard InChI is InChI=1S/C22H23NO4/c24-19-14-15(27-12-6-11-23-9-4-1-5-10-23)13-18-20(19)22(26)17-8-3-2-7-16(17)21(18)25/h2-3,7-8,13-14,24H,1,4-6,9-12H2. The molecule has 0 unspecified atom stereocenters. The zero-order valence-corrected chi connectivity index (χ0v) is 15.2. The smallest absolute Gasteiger partial charge is 0.198 e. The number of aromatic hydroxyl groups is 1. The third-order valence-electron chi connectivity index (χ3n) is 5.32. The second-order valence-corrected chi connectivity index (χ2v) is 7.17. The molecule has 0 spiro atoms. The first-order chi connectivity index (χ1) is 13.1. The molecule has 4 rings (SSSR count). The largest absolute Gasteiger partial charge is 0.507 e. The molecule has 1 aliphatic heterocycles. The quantitative estimate of drug-likeness (QED) is 0.702. The van der Waals surface area contributed by atoms with Crippen LogP contribution in [-0.2, 0) is 0 Å². The Hall–Kier alpha value is -2.66. The van der Waals surface area contributed by atoms with E-state index in [1.54, 1.807) is 30.3 Å². The molecule has 0 saturated carbocycles. The van der Waals surface area contributed by atoms with Crippen molar-refractivity contribution in [2.24, 2.45) is 0 Å². The molecule has 2 aromatic carbocycles. The van der Waals surface area contributed by atoms with Crippen molar-refractivity contribution in [1.29, 1.82) is 0 Å². The Labute approximate surface area is 158 Å². The van der Waals surface area contributed by atoms with Crippen LogP contribution in [0, 0.1) is 0 Å². The summed E-state index contributed by atoms with van der Waals surface area (Å²) >= 11 is 0. The second kappa shape index (κ2) is 7.53. The van der Waals surface area contributed by atoms with Crippen molar-refractivity contribution < 1.29 is 19.4 Å². The van der Waals surface area contributed by atoms with Crippen molar-refractivity contribution >= 4 is 11.6 Å². The normalized spacial score (nSPS) is 16.7. The Morgan fingerprint density at radius 3 is 2.37 bits per heavy atom. The molecule has 0 radical (unpaired) electrons. The highest BCUT2D eigenvalue weighted by Crippen LogP contribution is 2.35. The Balaban J connectivity index is 1.48. The van der Waals surface area contributed by atoms with Crippen LogP contribution in [-0.4, -0.2) is 47.8 Å². The molecule has 0 aromatic heterocycles. The van der Waals surface area contributed by atoms with E-state index < -0.39 is 0 Å². The van der Waals surface area contributed by atoms with Crippen molar-refractivity contribution in [2.75, 3.05) is 26.2 Å². The number of ether oxygens (including phenoxy) is 1. The summed E-state index contributed by atoms with van der Waals surface area (Å²) < 4.78 is 5.77. The maximum absolute atomic E-state index is 12.8. The molecule has 1 heterocycles. The lowest BCUT2D eigenvalue weighted by Gasteiger charge is -2.26. The van der Waals surface area contributed by atoms with E-state index in [1.165, 1.54) is 25.3 Å². The molecule has 1 N–H and O–H groups in total. The highest BCUT2D eigenvalue weighted by Gasteiger charge is 2.32. The number of phenolic OH excluding ortho intramolecular Hbond substituents is 1. The van der Waals surface area contributed by atoms with Gasteiger partial charge in [0.1, 0.15) is 11.5 Å². The molecule has 1 fully saturated rings. The van der Waals surface area contributed by atoms with E-state index in [0.717, 1.165) is 26.1 Å². The first kappa shape index (κ1) is 17.7. The number of ketones is 2. The van der Waals surface area contributed by atoms with Gasteiger partial charge in [-0.2, -0.15) is 0 Å². The van der Waals surface area contributed by atoms with E-state index in [-0.39, 0.29) is 28.4 Å². The van der Waals surface area contributed by atoms with E-state index in [2.05, 4.69) is 4.90 Å². The number of piperidine rings is 1. The third kappa shape index (κ3) is 3.47. The minimum atomic E-state index is -0.325. The van der Waals surface area contributed by atoms with Crippen LogP contribution in [0.1, 0.15) is 57.5 Å². The van der Waals surface area contributed by atoms with Gasteiger partial charge in [0.25, 0.3) is 0 Å². The average molecular weight is 365 g/mol. The van der Waals surface area contributed by atoms with E-state index in [9.17, 15) is 14.7 Å². The van der Waals surface area contributed by atoms with Gasteiger partial charge in [-0.05, 0) is 38.4 Å². The molecular formula is C22H23NO4. The first-order valence-electron chi connectivity index (χ1n) is 9.56. The number of hydrogen-bond donors (Lipinski definition) is 1. The molecule has 0 bridgehead atoms. The van der Waals surface area contributed by atoms with Gasteiger partial charge in [0.05, 0.1) is 12.2 Å². The molecule has 1 aliphatic carbocycles. The van der Waals surface area contributed by atoms with Gasteiger partial charge in [0.15, 0.2) is 11.6 Å². The van der Waals surface area contributed by atoms with Crippen molar-refractivity contribution in [1.82, 2.24) is 4.90 Å². The number of hydrogen-bond acceptors (Lipinski definition) is 5. The van der Waals surface area contributed by atoms with Gasteiger partial charge in [0.2, 0.25) is 0 Å². The molecule has 2 aliphatic rings. The Morgan fingerprint density at radius 1 is 0.926 bits per heavy atom. The van der Waals surface area contributed by atoms with Crippen LogP contribution in [0.25, 0.3) is 0 Å². The number of fused-ring (bicyclic) bond motifs is 2. The molecule has 1 saturated heterocycles. The Morgan fingerprint density at radius 2 is 1.63 bits per heavy atom. The van der Waals surface area contributed by atoms with Crippen LogP contribution >= 0.6 is 0 Å². The fourth-order valence-corrected chi connectivity index (χ4v) is 3.92.